The molecule has 2 amide bonds. The lowest BCUT2D eigenvalue weighted by molar-refractivity contribution is -0.116. The van der Waals surface area contributed by atoms with Crippen LogP contribution in [0.3, 0.4) is 0 Å². The van der Waals surface area contributed by atoms with Crippen LogP contribution in [-0.4, -0.2) is 48.4 Å². The number of nitrogens with one attached hydrogen (secondary N) is 1. The van der Waals surface area contributed by atoms with Gasteiger partial charge < -0.3 is 15.0 Å². The molecule has 1 saturated heterocycles. The van der Waals surface area contributed by atoms with Crippen LogP contribution in [0.2, 0.25) is 0 Å². The van der Waals surface area contributed by atoms with Crippen LogP contribution in [0.5, 0.6) is 5.75 Å². The summed E-state index contributed by atoms with van der Waals surface area (Å²) in [7, 11) is 1.61. The van der Waals surface area contributed by atoms with Gasteiger partial charge in [0.2, 0.25) is 5.91 Å². The molecule has 0 atom stereocenters. The maximum atomic E-state index is 12.7. The number of hydrogen-bond donors (Lipinski definition) is 1. The van der Waals surface area contributed by atoms with Gasteiger partial charge >= 0.3 is 0 Å². The van der Waals surface area contributed by atoms with Crippen LogP contribution in [0.25, 0.3) is 6.08 Å². The summed E-state index contributed by atoms with van der Waals surface area (Å²) in [6, 6.07) is 11.1. The van der Waals surface area contributed by atoms with E-state index in [-0.39, 0.29) is 11.8 Å². The highest BCUT2D eigenvalue weighted by Gasteiger charge is 2.23. The molecule has 0 radical (unpaired) electrons. The molecule has 2 heterocycles. The lowest BCUT2D eigenvalue weighted by Crippen LogP contribution is -2.38. The minimum Gasteiger partial charge on any atom is -0.497 e. The molecule has 0 bridgehead atoms. The number of rotatable bonds is 9. The first-order valence-electron chi connectivity index (χ1n) is 10.9. The fourth-order valence-corrected chi connectivity index (χ4v) is 3.84. The van der Waals surface area contributed by atoms with Crippen molar-refractivity contribution in [3.05, 3.63) is 66.0 Å². The van der Waals surface area contributed by atoms with Gasteiger partial charge in [0.1, 0.15) is 5.75 Å². The van der Waals surface area contributed by atoms with Gasteiger partial charge in [0, 0.05) is 43.7 Å². The number of aromatic nitrogens is 1. The van der Waals surface area contributed by atoms with Gasteiger partial charge in [0.15, 0.2) is 0 Å². The van der Waals surface area contributed by atoms with Gasteiger partial charge in [-0.3, -0.25) is 14.6 Å². The number of methoxy groups -OCH3 is 1. The molecule has 31 heavy (non-hydrogen) atoms. The lowest BCUT2D eigenvalue weighted by Gasteiger charge is -2.32. The zero-order valence-electron chi connectivity index (χ0n) is 18.1. The number of pyridine rings is 1. The molecule has 1 aromatic heterocycles. The lowest BCUT2D eigenvalue weighted by atomic mass is 9.91. The Balaban J connectivity index is 1.29. The van der Waals surface area contributed by atoms with Gasteiger partial charge in [-0.2, -0.15) is 0 Å². The SMILES string of the molecule is COc1cccc(C(=O)N2CCC(CCCCNC(=O)/C=C/c3cccnc3)CC2)c1. The monoisotopic (exact) mass is 421 g/mol. The van der Waals surface area contributed by atoms with Crippen molar-refractivity contribution >= 4 is 17.9 Å². The van der Waals surface area contributed by atoms with Gasteiger partial charge in [-0.15, -0.1) is 0 Å². The minimum absolute atomic E-state index is 0.0757. The number of piperidine rings is 1. The fourth-order valence-electron chi connectivity index (χ4n) is 3.84. The van der Waals surface area contributed by atoms with E-state index in [1.165, 1.54) is 0 Å². The van der Waals surface area contributed by atoms with Gasteiger partial charge in [-0.1, -0.05) is 25.0 Å². The van der Waals surface area contributed by atoms with E-state index in [4.69, 9.17) is 4.74 Å². The Bertz CT molecular complexity index is 875. The number of unbranched alkanes of at least 4 members (excludes halogenated alkanes) is 1. The standard InChI is InChI=1S/C25H31N3O3/c1-31-23-9-4-8-22(18-23)25(30)28-16-12-20(13-17-28)6-2-3-15-27-24(29)11-10-21-7-5-14-26-19-21/h4-5,7-11,14,18-20H,2-3,6,12-13,15-17H2,1H3,(H,27,29)/b11-10+. The van der Waals surface area contributed by atoms with Crippen molar-refractivity contribution in [2.75, 3.05) is 26.7 Å². The molecule has 1 fully saturated rings. The largest absolute Gasteiger partial charge is 0.497 e. The highest BCUT2D eigenvalue weighted by atomic mass is 16.5. The third-order valence-corrected chi connectivity index (χ3v) is 5.67. The first kappa shape index (κ1) is 22.5. The number of ether oxygens (including phenoxy) is 1. The van der Waals surface area contributed by atoms with Crippen molar-refractivity contribution in [1.29, 1.82) is 0 Å². The Kier molecular flexibility index (Phi) is 8.64. The van der Waals surface area contributed by atoms with Crippen molar-refractivity contribution in [3.8, 4) is 5.75 Å². The number of carbonyl (C=O) groups is 2. The van der Waals surface area contributed by atoms with E-state index >= 15 is 0 Å². The van der Waals surface area contributed by atoms with Crippen LogP contribution >= 0.6 is 0 Å². The van der Waals surface area contributed by atoms with Crippen molar-refractivity contribution in [1.82, 2.24) is 15.2 Å². The zero-order chi connectivity index (χ0) is 21.9. The number of benzene rings is 1. The van der Waals surface area contributed by atoms with E-state index < -0.39 is 0 Å². The van der Waals surface area contributed by atoms with Crippen LogP contribution in [0, 0.1) is 5.92 Å². The van der Waals surface area contributed by atoms with E-state index in [0.29, 0.717) is 23.8 Å². The summed E-state index contributed by atoms with van der Waals surface area (Å²) < 4.78 is 5.22. The third-order valence-electron chi connectivity index (χ3n) is 5.67. The van der Waals surface area contributed by atoms with Gasteiger partial charge in [0.25, 0.3) is 5.91 Å². The average Bonchev–Trinajstić information content (AvgIpc) is 2.83. The highest BCUT2D eigenvalue weighted by molar-refractivity contribution is 5.94. The molecule has 1 aliphatic rings. The molecule has 2 aromatic rings. The number of carbonyl (C=O) groups excluding carboxylic acids is 2. The smallest absolute Gasteiger partial charge is 0.253 e. The van der Waals surface area contributed by atoms with Crippen LogP contribution in [0.15, 0.2) is 54.9 Å². The number of hydrogen-bond acceptors (Lipinski definition) is 4. The topological polar surface area (TPSA) is 71.5 Å². The molecule has 1 N–H and O–H groups in total. The van der Waals surface area contributed by atoms with Crippen LogP contribution < -0.4 is 10.1 Å². The highest BCUT2D eigenvalue weighted by Crippen LogP contribution is 2.24. The van der Waals surface area contributed by atoms with Crippen LogP contribution in [0.4, 0.5) is 0 Å². The molecule has 1 aromatic carbocycles. The molecule has 0 aliphatic carbocycles. The van der Waals surface area contributed by atoms with E-state index in [0.717, 1.165) is 50.8 Å². The molecule has 6 heteroatoms. The van der Waals surface area contributed by atoms with Gasteiger partial charge in [-0.25, -0.2) is 0 Å². The van der Waals surface area contributed by atoms with E-state index in [9.17, 15) is 9.59 Å². The van der Waals surface area contributed by atoms with E-state index in [1.807, 2.05) is 35.2 Å². The summed E-state index contributed by atoms with van der Waals surface area (Å²) in [6.07, 6.45) is 12.0. The predicted molar refractivity (Wildman–Crippen MR) is 122 cm³/mol. The maximum Gasteiger partial charge on any atom is 0.253 e. The Morgan fingerprint density at radius 1 is 1.19 bits per heavy atom. The van der Waals surface area contributed by atoms with Crippen molar-refractivity contribution in [3.63, 3.8) is 0 Å². The first-order valence-corrected chi connectivity index (χ1v) is 10.9. The van der Waals surface area contributed by atoms with Gasteiger partial charge in [-0.05, 0) is 61.1 Å². The molecule has 0 spiro atoms. The third kappa shape index (κ3) is 7.24. The molecular formula is C25H31N3O3. The summed E-state index contributed by atoms with van der Waals surface area (Å²) in [5.74, 6) is 1.36. The van der Waals surface area contributed by atoms with Crippen LogP contribution in [-0.2, 0) is 4.79 Å². The second-order valence-electron chi connectivity index (χ2n) is 7.87. The van der Waals surface area contributed by atoms with Crippen molar-refractivity contribution in [2.24, 2.45) is 5.92 Å². The predicted octanol–water partition coefficient (Wildman–Crippen LogP) is 3.94. The zero-order valence-corrected chi connectivity index (χ0v) is 18.1. The summed E-state index contributed by atoms with van der Waals surface area (Å²) in [5.41, 5.74) is 1.60. The van der Waals surface area contributed by atoms with E-state index in [1.54, 1.807) is 37.7 Å². The second kappa shape index (κ2) is 11.9. The Labute approximate surface area is 184 Å². The second-order valence-corrected chi connectivity index (χ2v) is 7.87. The molecule has 164 valence electrons. The number of likely N-dealkylation sites (tertiary alicyclic amines) is 1. The van der Waals surface area contributed by atoms with Crippen molar-refractivity contribution in [2.45, 2.75) is 32.1 Å². The fraction of sp³-hybridized carbons (Fsp3) is 0.400. The quantitative estimate of drug-likeness (QED) is 0.492. The summed E-state index contributed by atoms with van der Waals surface area (Å²) >= 11 is 0. The minimum atomic E-state index is -0.0757. The van der Waals surface area contributed by atoms with Crippen LogP contribution in [0.1, 0.15) is 48.0 Å². The first-order chi connectivity index (χ1) is 15.2. The number of nitrogens with zero attached hydrogens (tertiary/aromatic N) is 2. The molecule has 3 rings (SSSR count). The normalized spacial score (nSPS) is 14.5. The van der Waals surface area contributed by atoms with Crippen molar-refractivity contribution < 1.29 is 14.3 Å². The Hall–Kier alpha value is -3.15. The summed E-state index contributed by atoms with van der Waals surface area (Å²) in [4.78, 5) is 30.5. The molecular weight excluding hydrogens is 390 g/mol. The maximum absolute atomic E-state index is 12.7. The molecule has 1 aliphatic heterocycles. The Morgan fingerprint density at radius 2 is 2.03 bits per heavy atom. The Morgan fingerprint density at radius 3 is 2.77 bits per heavy atom. The molecule has 0 unspecified atom stereocenters. The summed E-state index contributed by atoms with van der Waals surface area (Å²) in [6.45, 7) is 2.29. The summed E-state index contributed by atoms with van der Waals surface area (Å²) in [5, 5.41) is 2.93. The molecule has 6 nitrogen and oxygen atoms in total. The van der Waals surface area contributed by atoms with Gasteiger partial charge in [0.05, 0.1) is 7.11 Å². The average molecular weight is 422 g/mol. The number of amides is 2. The molecule has 0 saturated carbocycles. The van der Waals surface area contributed by atoms with E-state index in [2.05, 4.69) is 10.3 Å².